The normalized spacial score (nSPS) is 30.4. The molecule has 0 spiro atoms. The first-order valence-corrected chi connectivity index (χ1v) is 6.28. The lowest BCUT2D eigenvalue weighted by molar-refractivity contribution is 0.0319. The summed E-state index contributed by atoms with van der Waals surface area (Å²) in [5, 5.41) is 23.0. The van der Waals surface area contributed by atoms with Crippen molar-refractivity contribution in [3.05, 3.63) is 35.9 Å². The molecule has 0 bridgehead atoms. The van der Waals surface area contributed by atoms with Crippen molar-refractivity contribution < 1.29 is 10.2 Å². The Morgan fingerprint density at radius 3 is 2.65 bits per heavy atom. The fourth-order valence-corrected chi connectivity index (χ4v) is 2.59. The number of hydrogen-bond donors (Lipinski definition) is 3. The lowest BCUT2D eigenvalue weighted by atomic mass is 9.98. The molecule has 0 amide bonds. The Kier molecular flexibility index (Phi) is 3.82. The summed E-state index contributed by atoms with van der Waals surface area (Å²) in [5.74, 6) is 0. The summed E-state index contributed by atoms with van der Waals surface area (Å²) in [6.07, 6.45) is 2.84. The Labute approximate surface area is 102 Å². The summed E-state index contributed by atoms with van der Waals surface area (Å²) >= 11 is 0. The van der Waals surface area contributed by atoms with Crippen molar-refractivity contribution in [1.82, 2.24) is 5.32 Å². The van der Waals surface area contributed by atoms with E-state index in [1.54, 1.807) is 0 Å². The van der Waals surface area contributed by atoms with E-state index in [-0.39, 0.29) is 18.7 Å². The van der Waals surface area contributed by atoms with Gasteiger partial charge in [0, 0.05) is 6.04 Å². The minimum atomic E-state index is -0.651. The first-order chi connectivity index (χ1) is 8.13. The average Bonchev–Trinajstić information content (AvgIpc) is 2.66. The molecule has 1 aliphatic carbocycles. The second-order valence-electron chi connectivity index (χ2n) is 5.11. The molecule has 1 aromatic rings. The minimum absolute atomic E-state index is 0.0522. The molecule has 3 unspecified atom stereocenters. The number of aliphatic hydroxyl groups excluding tert-OH is 1. The standard InChI is InChI=1S/C14H21NO2/c1-14(17)9-5-8-13(14)15-12(10-16)11-6-3-2-4-7-11/h2-4,6-7,12-13,15-17H,5,8-10H2,1H3. The largest absolute Gasteiger partial charge is 0.394 e. The Morgan fingerprint density at radius 2 is 2.12 bits per heavy atom. The van der Waals surface area contributed by atoms with Crippen molar-refractivity contribution in [2.75, 3.05) is 6.61 Å². The van der Waals surface area contributed by atoms with E-state index in [9.17, 15) is 10.2 Å². The maximum absolute atomic E-state index is 10.2. The number of rotatable bonds is 4. The van der Waals surface area contributed by atoms with Crippen molar-refractivity contribution >= 4 is 0 Å². The van der Waals surface area contributed by atoms with Crippen LogP contribution in [0.5, 0.6) is 0 Å². The zero-order chi connectivity index (χ0) is 12.3. The van der Waals surface area contributed by atoms with E-state index in [0.717, 1.165) is 24.8 Å². The second-order valence-corrected chi connectivity index (χ2v) is 5.11. The molecule has 94 valence electrons. The van der Waals surface area contributed by atoms with Crippen LogP contribution < -0.4 is 5.32 Å². The molecular weight excluding hydrogens is 214 g/mol. The van der Waals surface area contributed by atoms with Gasteiger partial charge in [-0.25, -0.2) is 0 Å². The highest BCUT2D eigenvalue weighted by molar-refractivity contribution is 5.19. The molecule has 1 aliphatic rings. The van der Waals surface area contributed by atoms with Crippen molar-refractivity contribution in [1.29, 1.82) is 0 Å². The van der Waals surface area contributed by atoms with E-state index in [1.165, 1.54) is 0 Å². The van der Waals surface area contributed by atoms with Crippen LogP contribution in [0, 0.1) is 0 Å². The van der Waals surface area contributed by atoms with Gasteiger partial charge in [0.2, 0.25) is 0 Å². The Morgan fingerprint density at radius 1 is 1.41 bits per heavy atom. The zero-order valence-corrected chi connectivity index (χ0v) is 10.3. The van der Waals surface area contributed by atoms with Crippen LogP contribution in [0.1, 0.15) is 37.8 Å². The fraction of sp³-hybridized carbons (Fsp3) is 0.571. The van der Waals surface area contributed by atoms with E-state index in [0.29, 0.717) is 0 Å². The van der Waals surface area contributed by atoms with E-state index in [2.05, 4.69) is 5.32 Å². The van der Waals surface area contributed by atoms with E-state index < -0.39 is 5.60 Å². The Bertz CT molecular complexity index is 350. The van der Waals surface area contributed by atoms with E-state index >= 15 is 0 Å². The molecule has 0 aliphatic heterocycles. The van der Waals surface area contributed by atoms with Crippen LogP contribution in [0.15, 0.2) is 30.3 Å². The van der Waals surface area contributed by atoms with Gasteiger partial charge in [0.25, 0.3) is 0 Å². The van der Waals surface area contributed by atoms with Crippen LogP contribution in [-0.4, -0.2) is 28.5 Å². The van der Waals surface area contributed by atoms with Gasteiger partial charge in [0.1, 0.15) is 0 Å². The summed E-state index contributed by atoms with van der Waals surface area (Å²) in [6.45, 7) is 1.92. The third-order valence-electron chi connectivity index (χ3n) is 3.71. The predicted molar refractivity (Wildman–Crippen MR) is 67.7 cm³/mol. The van der Waals surface area contributed by atoms with Gasteiger partial charge in [-0.15, -0.1) is 0 Å². The third-order valence-corrected chi connectivity index (χ3v) is 3.71. The molecule has 2 rings (SSSR count). The van der Waals surface area contributed by atoms with Gasteiger partial charge in [0.15, 0.2) is 0 Å². The zero-order valence-electron chi connectivity index (χ0n) is 10.3. The monoisotopic (exact) mass is 235 g/mol. The van der Waals surface area contributed by atoms with Crippen molar-refractivity contribution in [3.8, 4) is 0 Å². The predicted octanol–water partition coefficient (Wildman–Crippen LogP) is 1.61. The molecule has 17 heavy (non-hydrogen) atoms. The molecule has 1 aromatic carbocycles. The maximum Gasteiger partial charge on any atom is 0.0772 e. The molecule has 0 heterocycles. The Hall–Kier alpha value is -0.900. The quantitative estimate of drug-likeness (QED) is 0.743. The molecule has 0 radical (unpaired) electrons. The molecule has 3 heteroatoms. The highest BCUT2D eigenvalue weighted by Gasteiger charge is 2.37. The lowest BCUT2D eigenvalue weighted by Gasteiger charge is -2.30. The molecule has 1 fully saturated rings. The molecule has 0 saturated heterocycles. The van der Waals surface area contributed by atoms with Crippen LogP contribution in [0.3, 0.4) is 0 Å². The van der Waals surface area contributed by atoms with Gasteiger partial charge in [0.05, 0.1) is 18.2 Å². The fourth-order valence-electron chi connectivity index (χ4n) is 2.59. The topological polar surface area (TPSA) is 52.5 Å². The van der Waals surface area contributed by atoms with Crippen LogP contribution >= 0.6 is 0 Å². The average molecular weight is 235 g/mol. The van der Waals surface area contributed by atoms with E-state index in [1.807, 2.05) is 37.3 Å². The third kappa shape index (κ3) is 2.86. The lowest BCUT2D eigenvalue weighted by Crippen LogP contribution is -2.46. The SMILES string of the molecule is CC1(O)CCCC1NC(CO)c1ccccc1. The van der Waals surface area contributed by atoms with Crippen LogP contribution in [0.4, 0.5) is 0 Å². The molecular formula is C14H21NO2. The first-order valence-electron chi connectivity index (χ1n) is 6.28. The van der Waals surface area contributed by atoms with Crippen LogP contribution in [0.2, 0.25) is 0 Å². The highest BCUT2D eigenvalue weighted by Crippen LogP contribution is 2.31. The van der Waals surface area contributed by atoms with Gasteiger partial charge in [-0.2, -0.15) is 0 Å². The van der Waals surface area contributed by atoms with Crippen molar-refractivity contribution in [2.24, 2.45) is 0 Å². The molecule has 3 N–H and O–H groups in total. The molecule has 3 nitrogen and oxygen atoms in total. The number of benzene rings is 1. The highest BCUT2D eigenvalue weighted by atomic mass is 16.3. The molecule has 0 aromatic heterocycles. The number of nitrogens with one attached hydrogen (secondary N) is 1. The maximum atomic E-state index is 10.2. The van der Waals surface area contributed by atoms with Gasteiger partial charge >= 0.3 is 0 Å². The number of aliphatic hydroxyl groups is 2. The second kappa shape index (κ2) is 5.17. The molecule has 3 atom stereocenters. The van der Waals surface area contributed by atoms with Crippen LogP contribution in [-0.2, 0) is 0 Å². The number of hydrogen-bond acceptors (Lipinski definition) is 3. The van der Waals surface area contributed by atoms with Crippen molar-refractivity contribution in [2.45, 2.75) is 43.9 Å². The van der Waals surface area contributed by atoms with E-state index in [4.69, 9.17) is 0 Å². The summed E-state index contributed by atoms with van der Waals surface area (Å²) in [5.41, 5.74) is 0.417. The Balaban J connectivity index is 2.06. The summed E-state index contributed by atoms with van der Waals surface area (Å²) < 4.78 is 0. The summed E-state index contributed by atoms with van der Waals surface area (Å²) in [6, 6.07) is 9.86. The van der Waals surface area contributed by atoms with Crippen molar-refractivity contribution in [3.63, 3.8) is 0 Å². The first kappa shape index (κ1) is 12.6. The van der Waals surface area contributed by atoms with Gasteiger partial charge in [-0.1, -0.05) is 30.3 Å². The smallest absolute Gasteiger partial charge is 0.0772 e. The minimum Gasteiger partial charge on any atom is -0.394 e. The van der Waals surface area contributed by atoms with Crippen LogP contribution in [0.25, 0.3) is 0 Å². The molecule has 1 saturated carbocycles. The van der Waals surface area contributed by atoms with Gasteiger partial charge < -0.3 is 15.5 Å². The summed E-state index contributed by atoms with van der Waals surface area (Å²) in [4.78, 5) is 0. The van der Waals surface area contributed by atoms with Gasteiger partial charge in [-0.05, 0) is 31.7 Å². The summed E-state index contributed by atoms with van der Waals surface area (Å²) in [7, 11) is 0. The van der Waals surface area contributed by atoms with Gasteiger partial charge in [-0.3, -0.25) is 0 Å².